The predicted octanol–water partition coefficient (Wildman–Crippen LogP) is 2.46. The van der Waals surface area contributed by atoms with E-state index in [1.807, 2.05) is 0 Å². The lowest BCUT2D eigenvalue weighted by Crippen LogP contribution is -2.56. The molecule has 2 fully saturated rings. The van der Waals surface area contributed by atoms with Gasteiger partial charge >= 0.3 is 0 Å². The molecule has 0 unspecified atom stereocenters. The minimum Gasteiger partial charge on any atom is -0.311 e. The molecule has 5 nitrogen and oxygen atoms in total. The van der Waals surface area contributed by atoms with E-state index in [0.29, 0.717) is 30.2 Å². The van der Waals surface area contributed by atoms with E-state index < -0.39 is 0 Å². The molecule has 5 heteroatoms. The van der Waals surface area contributed by atoms with Crippen molar-refractivity contribution in [3.05, 3.63) is 29.6 Å². The van der Waals surface area contributed by atoms with E-state index >= 15 is 0 Å². The molecule has 0 spiro atoms. The van der Waals surface area contributed by atoms with Crippen LogP contribution >= 0.6 is 0 Å². The summed E-state index contributed by atoms with van der Waals surface area (Å²) in [6.45, 7) is 5.14. The first-order chi connectivity index (χ1) is 13.3. The molecule has 4 rings (SSSR count). The van der Waals surface area contributed by atoms with Crippen molar-refractivity contribution < 1.29 is 0 Å². The van der Waals surface area contributed by atoms with Gasteiger partial charge in [-0.3, -0.25) is 4.98 Å². The number of hydrogen-bond donors (Lipinski definition) is 4. The van der Waals surface area contributed by atoms with E-state index in [-0.39, 0.29) is 0 Å². The first-order valence-corrected chi connectivity index (χ1v) is 11.2. The van der Waals surface area contributed by atoms with E-state index in [0.717, 1.165) is 19.6 Å². The van der Waals surface area contributed by atoms with Gasteiger partial charge < -0.3 is 21.3 Å². The van der Waals surface area contributed by atoms with Gasteiger partial charge in [-0.05, 0) is 44.7 Å². The Kier molecular flexibility index (Phi) is 6.77. The molecule has 0 radical (unpaired) electrons. The van der Waals surface area contributed by atoms with Gasteiger partial charge in [-0.2, -0.15) is 0 Å². The molecule has 0 saturated heterocycles. The quantitative estimate of drug-likeness (QED) is 0.564. The number of aromatic nitrogens is 1. The summed E-state index contributed by atoms with van der Waals surface area (Å²) in [5.74, 6) is 0. The Labute approximate surface area is 164 Å². The molecule has 1 aliphatic heterocycles. The first kappa shape index (κ1) is 19.3. The third-order valence-electron chi connectivity index (χ3n) is 6.67. The van der Waals surface area contributed by atoms with E-state index in [1.165, 1.54) is 62.8 Å². The largest absolute Gasteiger partial charge is 0.311 e. The van der Waals surface area contributed by atoms with Crippen molar-refractivity contribution >= 4 is 0 Å². The molecule has 1 aromatic rings. The van der Waals surface area contributed by atoms with Crippen LogP contribution in [0.2, 0.25) is 0 Å². The minimum absolute atomic E-state index is 0.504. The number of fused-ring (bicyclic) bond motifs is 4. The van der Waals surface area contributed by atoms with Crippen LogP contribution in [0.5, 0.6) is 0 Å². The number of hydrogen-bond acceptors (Lipinski definition) is 5. The van der Waals surface area contributed by atoms with Crippen molar-refractivity contribution in [1.29, 1.82) is 0 Å². The number of nitrogens with one attached hydrogen (secondary N) is 4. The predicted molar refractivity (Wildman–Crippen MR) is 111 cm³/mol. The van der Waals surface area contributed by atoms with Crippen LogP contribution in [0.3, 0.4) is 0 Å². The van der Waals surface area contributed by atoms with Crippen LogP contribution in [0.4, 0.5) is 0 Å². The number of nitrogens with zero attached hydrogens (tertiary/aromatic N) is 1. The topological polar surface area (TPSA) is 61.0 Å². The Morgan fingerprint density at radius 2 is 1.26 bits per heavy atom. The molecule has 27 heavy (non-hydrogen) atoms. The molecule has 1 aromatic heterocycles. The molecule has 150 valence electrons. The summed E-state index contributed by atoms with van der Waals surface area (Å²) in [6, 6.07) is 9.25. The fourth-order valence-electron chi connectivity index (χ4n) is 5.14. The normalized spacial score (nSPS) is 36.0. The summed E-state index contributed by atoms with van der Waals surface area (Å²) in [6.07, 6.45) is 10.5. The summed E-state index contributed by atoms with van der Waals surface area (Å²) in [5.41, 5.74) is 2.33. The maximum absolute atomic E-state index is 4.91. The fraction of sp³-hybridized carbons (Fsp3) is 0.773. The Bertz CT molecular complexity index is 592. The Hall–Kier alpha value is -1.01. The minimum atomic E-state index is 0.504. The second-order valence-corrected chi connectivity index (χ2v) is 8.85. The smallest absolute Gasteiger partial charge is 0.0545 e. The van der Waals surface area contributed by atoms with Crippen LogP contribution in [-0.4, -0.2) is 41.7 Å². The maximum Gasteiger partial charge on any atom is 0.0545 e. The maximum atomic E-state index is 4.91. The summed E-state index contributed by atoms with van der Waals surface area (Å²) < 4.78 is 0. The van der Waals surface area contributed by atoms with Crippen LogP contribution in [0, 0.1) is 0 Å². The Morgan fingerprint density at radius 1 is 0.741 bits per heavy atom. The zero-order chi connectivity index (χ0) is 18.5. The van der Waals surface area contributed by atoms with Crippen LogP contribution in [0.1, 0.15) is 69.7 Å². The average Bonchev–Trinajstić information content (AvgIpc) is 2.71. The number of rotatable bonds is 0. The third kappa shape index (κ3) is 5.29. The van der Waals surface area contributed by atoms with E-state index in [4.69, 9.17) is 4.98 Å². The second kappa shape index (κ2) is 9.46. The summed E-state index contributed by atoms with van der Waals surface area (Å²) >= 11 is 0. The fourth-order valence-corrected chi connectivity index (χ4v) is 5.14. The van der Waals surface area contributed by atoms with E-state index in [9.17, 15) is 0 Å². The van der Waals surface area contributed by atoms with Gasteiger partial charge in [0.25, 0.3) is 0 Å². The van der Waals surface area contributed by atoms with Gasteiger partial charge in [-0.1, -0.05) is 31.7 Å². The third-order valence-corrected chi connectivity index (χ3v) is 6.67. The van der Waals surface area contributed by atoms with Crippen LogP contribution in [-0.2, 0) is 13.1 Å². The van der Waals surface area contributed by atoms with Crippen LogP contribution < -0.4 is 21.3 Å². The summed E-state index contributed by atoms with van der Waals surface area (Å²) in [5, 5.41) is 15.4. The van der Waals surface area contributed by atoms with Gasteiger partial charge in [0.2, 0.25) is 0 Å². The molecular weight excluding hydrogens is 334 g/mol. The van der Waals surface area contributed by atoms with Crippen molar-refractivity contribution in [2.45, 2.75) is 102 Å². The molecule has 3 aliphatic rings. The summed E-state index contributed by atoms with van der Waals surface area (Å²) in [4.78, 5) is 4.91. The SMILES string of the molecule is C[C@H]1CN[C@H]2CCCC[C@@H]2NCc2cccc(n2)CN[C@H]2CCCC[C@@H]2N1. The molecule has 2 aliphatic carbocycles. The van der Waals surface area contributed by atoms with Crippen molar-refractivity contribution in [2.75, 3.05) is 6.54 Å². The molecule has 4 N–H and O–H groups in total. The summed E-state index contributed by atoms with van der Waals surface area (Å²) in [7, 11) is 0. The lowest BCUT2D eigenvalue weighted by molar-refractivity contribution is 0.246. The monoisotopic (exact) mass is 371 g/mol. The van der Waals surface area contributed by atoms with Crippen molar-refractivity contribution in [2.24, 2.45) is 0 Å². The van der Waals surface area contributed by atoms with Gasteiger partial charge in [0.1, 0.15) is 0 Å². The zero-order valence-electron chi connectivity index (χ0n) is 16.8. The highest BCUT2D eigenvalue weighted by atomic mass is 15.1. The molecule has 2 saturated carbocycles. The Balaban J connectivity index is 1.50. The standard InChI is InChI=1S/C22H37N5/c1-16-13-23-19-9-2-3-10-20(19)24-14-17-7-6-8-18(27-17)15-25-21-11-4-5-12-22(21)26-16/h6-8,16,19-26H,2-5,9-15H2,1H3/t16-,19-,20-,21-,22-/m0/s1. The van der Waals surface area contributed by atoms with Gasteiger partial charge in [0.15, 0.2) is 0 Å². The average molecular weight is 372 g/mol. The van der Waals surface area contributed by atoms with Crippen molar-refractivity contribution in [3.8, 4) is 0 Å². The highest BCUT2D eigenvalue weighted by molar-refractivity contribution is 5.12. The van der Waals surface area contributed by atoms with Gasteiger partial charge in [-0.25, -0.2) is 0 Å². The molecular formula is C22H37N5. The molecule has 5 atom stereocenters. The lowest BCUT2D eigenvalue weighted by Gasteiger charge is -2.37. The Morgan fingerprint density at radius 3 is 1.89 bits per heavy atom. The van der Waals surface area contributed by atoms with Gasteiger partial charge in [-0.15, -0.1) is 0 Å². The van der Waals surface area contributed by atoms with E-state index in [1.54, 1.807) is 0 Å². The van der Waals surface area contributed by atoms with Crippen LogP contribution in [0.15, 0.2) is 18.2 Å². The molecule has 2 heterocycles. The second-order valence-electron chi connectivity index (χ2n) is 8.85. The van der Waals surface area contributed by atoms with E-state index in [2.05, 4.69) is 46.4 Å². The van der Waals surface area contributed by atoms with Crippen molar-refractivity contribution in [3.63, 3.8) is 0 Å². The first-order valence-electron chi connectivity index (χ1n) is 11.2. The van der Waals surface area contributed by atoms with Gasteiger partial charge in [0.05, 0.1) is 11.4 Å². The highest BCUT2D eigenvalue weighted by Crippen LogP contribution is 2.21. The van der Waals surface area contributed by atoms with Crippen molar-refractivity contribution in [1.82, 2.24) is 26.3 Å². The zero-order valence-corrected chi connectivity index (χ0v) is 16.8. The number of pyridine rings is 1. The van der Waals surface area contributed by atoms with Gasteiger partial charge in [0, 0.05) is 49.8 Å². The molecule has 0 aromatic carbocycles. The van der Waals surface area contributed by atoms with Crippen LogP contribution in [0.25, 0.3) is 0 Å². The molecule has 0 amide bonds. The lowest BCUT2D eigenvalue weighted by atomic mass is 9.89. The molecule has 2 bridgehead atoms. The highest BCUT2D eigenvalue weighted by Gasteiger charge is 2.28.